The molecule has 0 aliphatic carbocycles. The SMILES string of the molecule is Cc1nsc2c1C=IC=C2. The molecular formula is C7H6INS. The molecule has 0 N–H and O–H groups in total. The van der Waals surface area contributed by atoms with Crippen LogP contribution in [0, 0.1) is 6.92 Å². The summed E-state index contributed by atoms with van der Waals surface area (Å²) in [6.07, 6.45) is 2.20. The number of nitrogens with zero attached hydrogens (tertiary/aromatic N) is 1. The Kier molecular flexibility index (Phi) is 1.69. The zero-order valence-electron chi connectivity index (χ0n) is 5.47. The minimum Gasteiger partial charge on any atom is -0.197 e. The van der Waals surface area contributed by atoms with Gasteiger partial charge in [0.1, 0.15) is 0 Å². The summed E-state index contributed by atoms with van der Waals surface area (Å²) in [5, 5.41) is 0. The van der Waals surface area contributed by atoms with E-state index in [2.05, 4.69) is 25.5 Å². The summed E-state index contributed by atoms with van der Waals surface area (Å²) in [5.74, 6) is 0. The van der Waals surface area contributed by atoms with Gasteiger partial charge in [0.2, 0.25) is 0 Å². The van der Waals surface area contributed by atoms with Crippen LogP contribution in [0.4, 0.5) is 0 Å². The van der Waals surface area contributed by atoms with Gasteiger partial charge >= 0.3 is 0 Å². The van der Waals surface area contributed by atoms with Crippen molar-refractivity contribution in [2.45, 2.75) is 6.92 Å². The zero-order valence-corrected chi connectivity index (χ0v) is 8.44. The first-order valence-electron chi connectivity index (χ1n) is 2.96. The Labute approximate surface area is 73.7 Å². The van der Waals surface area contributed by atoms with E-state index >= 15 is 0 Å². The Morgan fingerprint density at radius 2 is 2.50 bits per heavy atom. The van der Waals surface area contributed by atoms with E-state index in [0.717, 1.165) is 0 Å². The van der Waals surface area contributed by atoms with Crippen LogP contribution in [0.1, 0.15) is 16.1 Å². The van der Waals surface area contributed by atoms with Gasteiger partial charge < -0.3 is 0 Å². The standard InChI is InChI=1S/C7H6INS/c1-5-6-4-8-3-2-7(6)10-9-5/h2-4H,1H3. The summed E-state index contributed by atoms with van der Waals surface area (Å²) in [6.45, 7) is 2.08. The summed E-state index contributed by atoms with van der Waals surface area (Å²) >= 11 is 1.80. The highest BCUT2D eigenvalue weighted by Crippen LogP contribution is 2.24. The molecule has 0 aromatic carbocycles. The fourth-order valence-corrected chi connectivity index (χ4v) is 3.98. The molecule has 0 fully saturated rings. The molecule has 2 heterocycles. The molecule has 0 saturated heterocycles. The van der Waals surface area contributed by atoms with Crippen molar-refractivity contribution in [2.75, 3.05) is 0 Å². The van der Waals surface area contributed by atoms with Crippen molar-refractivity contribution in [3.8, 4) is 0 Å². The predicted molar refractivity (Wildman–Crippen MR) is 55.1 cm³/mol. The lowest BCUT2D eigenvalue weighted by atomic mass is 10.2. The average Bonchev–Trinajstić information content (AvgIpc) is 2.34. The van der Waals surface area contributed by atoms with E-state index in [1.165, 1.54) is 16.1 Å². The van der Waals surface area contributed by atoms with E-state index in [1.54, 1.807) is 11.5 Å². The maximum atomic E-state index is 4.28. The highest BCUT2D eigenvalue weighted by atomic mass is 127. The molecule has 0 saturated carbocycles. The second-order valence-corrected chi connectivity index (χ2v) is 4.94. The topological polar surface area (TPSA) is 12.9 Å². The quantitative estimate of drug-likeness (QED) is 0.655. The summed E-state index contributed by atoms with van der Waals surface area (Å²) in [7, 11) is 0. The number of aromatic nitrogens is 1. The molecule has 1 aromatic heterocycles. The molecule has 1 aliphatic heterocycles. The number of rotatable bonds is 0. The third-order valence-corrected chi connectivity index (χ3v) is 4.07. The van der Waals surface area contributed by atoms with Crippen LogP contribution in [-0.4, -0.2) is 8.39 Å². The molecule has 10 heavy (non-hydrogen) atoms. The summed E-state index contributed by atoms with van der Waals surface area (Å²) in [4.78, 5) is 1.34. The molecule has 0 atom stereocenters. The molecule has 0 spiro atoms. The molecule has 3 heteroatoms. The van der Waals surface area contributed by atoms with E-state index < -0.39 is 0 Å². The second kappa shape index (κ2) is 2.54. The van der Waals surface area contributed by atoms with Crippen molar-refractivity contribution in [1.82, 2.24) is 4.37 Å². The average molecular weight is 263 g/mol. The monoisotopic (exact) mass is 263 g/mol. The fraction of sp³-hybridized carbons (Fsp3) is 0.143. The van der Waals surface area contributed by atoms with Gasteiger partial charge in [-0.05, 0) is 32.6 Å². The smallest absolute Gasteiger partial charge is 0.0594 e. The van der Waals surface area contributed by atoms with Crippen molar-refractivity contribution in [2.24, 2.45) is 0 Å². The van der Waals surface area contributed by atoms with E-state index in [4.69, 9.17) is 0 Å². The van der Waals surface area contributed by atoms with Crippen molar-refractivity contribution in [1.29, 1.82) is 0 Å². The van der Waals surface area contributed by atoms with Crippen molar-refractivity contribution < 1.29 is 0 Å². The van der Waals surface area contributed by atoms with Crippen LogP contribution in [0.25, 0.3) is 6.08 Å². The Hall–Kier alpha value is -0.0300. The van der Waals surface area contributed by atoms with Gasteiger partial charge in [0.25, 0.3) is 0 Å². The van der Waals surface area contributed by atoms with Crippen LogP contribution >= 0.6 is 32.3 Å². The third-order valence-electron chi connectivity index (χ3n) is 1.40. The van der Waals surface area contributed by atoms with E-state index in [-0.39, 0.29) is 20.7 Å². The Balaban J connectivity index is 2.69. The van der Waals surface area contributed by atoms with Crippen LogP contribution in [0.5, 0.6) is 0 Å². The highest BCUT2D eigenvalue weighted by molar-refractivity contribution is 14.2. The van der Waals surface area contributed by atoms with Gasteiger partial charge in [0.05, 0.1) is 10.6 Å². The van der Waals surface area contributed by atoms with Crippen LogP contribution in [0.2, 0.25) is 0 Å². The van der Waals surface area contributed by atoms with Gasteiger partial charge in [0.15, 0.2) is 0 Å². The third kappa shape index (κ3) is 0.971. The van der Waals surface area contributed by atoms with Gasteiger partial charge in [-0.15, -0.1) is 0 Å². The lowest BCUT2D eigenvalue weighted by molar-refractivity contribution is 1.34. The van der Waals surface area contributed by atoms with Crippen molar-refractivity contribution in [3.05, 3.63) is 20.2 Å². The van der Waals surface area contributed by atoms with Crippen molar-refractivity contribution in [3.63, 3.8) is 0 Å². The van der Waals surface area contributed by atoms with Gasteiger partial charge in [-0.3, -0.25) is 0 Å². The maximum absolute atomic E-state index is 4.28. The molecule has 0 amide bonds. The number of hydrogen-bond acceptors (Lipinski definition) is 2. The normalized spacial score (nSPS) is 14.5. The lowest BCUT2D eigenvalue weighted by Crippen LogP contribution is -1.83. The number of fused-ring (bicyclic) bond motifs is 1. The largest absolute Gasteiger partial charge is 0.197 e. The van der Waals surface area contributed by atoms with Crippen LogP contribution in [0.3, 0.4) is 0 Å². The second-order valence-electron chi connectivity index (χ2n) is 2.07. The fourth-order valence-electron chi connectivity index (χ4n) is 0.840. The number of halogens is 1. The van der Waals surface area contributed by atoms with E-state index in [0.29, 0.717) is 0 Å². The minimum absolute atomic E-state index is 0.196. The lowest BCUT2D eigenvalue weighted by Gasteiger charge is -1.94. The molecule has 2 rings (SSSR count). The molecule has 1 aliphatic rings. The first kappa shape index (κ1) is 6.67. The highest BCUT2D eigenvalue weighted by Gasteiger charge is 2.06. The van der Waals surface area contributed by atoms with E-state index in [9.17, 15) is 0 Å². The maximum Gasteiger partial charge on any atom is 0.0594 e. The van der Waals surface area contributed by atoms with Gasteiger partial charge in [-0.25, -0.2) is 0 Å². The zero-order chi connectivity index (χ0) is 6.97. The number of aryl methyl sites for hydroxylation is 1. The Morgan fingerprint density at radius 1 is 1.60 bits per heavy atom. The molecule has 52 valence electrons. The molecule has 1 aromatic rings. The minimum atomic E-state index is 0.196. The van der Waals surface area contributed by atoms with Crippen LogP contribution in [-0.2, 0) is 0 Å². The summed E-state index contributed by atoms with van der Waals surface area (Å²) in [5.41, 5.74) is 2.59. The summed E-state index contributed by atoms with van der Waals surface area (Å²) in [6, 6.07) is 0. The van der Waals surface area contributed by atoms with Crippen LogP contribution in [0.15, 0.2) is 4.08 Å². The van der Waals surface area contributed by atoms with Gasteiger partial charge in [-0.2, -0.15) is 4.37 Å². The molecule has 0 unspecified atom stereocenters. The predicted octanol–water partition coefficient (Wildman–Crippen LogP) is 2.56. The van der Waals surface area contributed by atoms with Crippen LogP contribution < -0.4 is 0 Å². The first-order valence-corrected chi connectivity index (χ1v) is 6.22. The summed E-state index contributed by atoms with van der Waals surface area (Å²) < 4.78 is 8.89. The van der Waals surface area contributed by atoms with Gasteiger partial charge in [0, 0.05) is 5.56 Å². The Morgan fingerprint density at radius 3 is 3.30 bits per heavy atom. The molecule has 0 radical (unpaired) electrons. The first-order chi connectivity index (χ1) is 4.88. The number of hydrogen-bond donors (Lipinski definition) is 0. The molecule has 0 bridgehead atoms. The van der Waals surface area contributed by atoms with Crippen molar-refractivity contribution >= 4 is 42.4 Å². The Bertz CT molecular complexity index is 311. The van der Waals surface area contributed by atoms with Gasteiger partial charge in [-0.1, -0.05) is 20.7 Å². The van der Waals surface area contributed by atoms with E-state index in [1.807, 2.05) is 0 Å². The molecule has 1 nitrogen and oxygen atoms in total. The molecular weight excluding hydrogens is 257 g/mol.